The maximum absolute atomic E-state index is 9.93. The Balaban J connectivity index is 2.09. The zero-order chi connectivity index (χ0) is 10.9. The van der Waals surface area contributed by atoms with E-state index in [9.17, 15) is 5.11 Å². The number of β-amino-alcohol motifs (C(OH)–C–C–N with tert-alkyl or cyclic N) is 1. The third-order valence-corrected chi connectivity index (χ3v) is 3.77. The Morgan fingerprint density at radius 3 is 3.00 bits per heavy atom. The van der Waals surface area contributed by atoms with Crippen LogP contribution in [0.1, 0.15) is 24.9 Å². The summed E-state index contributed by atoms with van der Waals surface area (Å²) in [7, 11) is 0. The van der Waals surface area contributed by atoms with Crippen molar-refractivity contribution >= 4 is 11.3 Å². The number of aliphatic hydroxyl groups is 1. The molecular formula is C11H18N2OS. The summed E-state index contributed by atoms with van der Waals surface area (Å²) in [5, 5.41) is 14.1. The van der Waals surface area contributed by atoms with Crippen molar-refractivity contribution < 1.29 is 5.11 Å². The second-order valence-corrected chi connectivity index (χ2v) is 5.31. The summed E-state index contributed by atoms with van der Waals surface area (Å²) in [6, 6.07) is 2.39. The average molecular weight is 226 g/mol. The first kappa shape index (κ1) is 11.1. The number of nitrogens with zero attached hydrogens (tertiary/aromatic N) is 1. The van der Waals surface area contributed by atoms with Gasteiger partial charge in [-0.3, -0.25) is 4.90 Å². The molecule has 0 aliphatic carbocycles. The van der Waals surface area contributed by atoms with Gasteiger partial charge in [0.2, 0.25) is 0 Å². The molecule has 1 saturated heterocycles. The Morgan fingerprint density at radius 1 is 1.73 bits per heavy atom. The molecule has 1 aliphatic heterocycles. The predicted molar refractivity (Wildman–Crippen MR) is 62.9 cm³/mol. The van der Waals surface area contributed by atoms with Crippen molar-refractivity contribution in [3.63, 3.8) is 0 Å². The topological polar surface area (TPSA) is 49.5 Å². The molecule has 0 amide bonds. The fourth-order valence-corrected chi connectivity index (χ4v) is 2.91. The Kier molecular flexibility index (Phi) is 3.11. The third-order valence-electron chi connectivity index (χ3n) is 3.07. The smallest absolute Gasteiger partial charge is 0.0758 e. The molecule has 0 spiro atoms. The lowest BCUT2D eigenvalue weighted by molar-refractivity contribution is 0.0627. The summed E-state index contributed by atoms with van der Waals surface area (Å²) >= 11 is 1.70. The lowest BCUT2D eigenvalue weighted by Gasteiger charge is -2.27. The maximum atomic E-state index is 9.93. The van der Waals surface area contributed by atoms with Gasteiger partial charge in [-0.25, -0.2) is 0 Å². The molecule has 3 nitrogen and oxygen atoms in total. The van der Waals surface area contributed by atoms with E-state index in [4.69, 9.17) is 5.73 Å². The second-order valence-electron chi connectivity index (χ2n) is 4.53. The van der Waals surface area contributed by atoms with Crippen molar-refractivity contribution in [1.29, 1.82) is 0 Å². The molecular weight excluding hydrogens is 208 g/mol. The van der Waals surface area contributed by atoms with Crippen LogP contribution < -0.4 is 5.73 Å². The molecule has 1 aromatic heterocycles. The van der Waals surface area contributed by atoms with Crippen molar-refractivity contribution in [2.45, 2.75) is 25.0 Å². The van der Waals surface area contributed by atoms with Gasteiger partial charge in [0.15, 0.2) is 0 Å². The van der Waals surface area contributed by atoms with Crippen LogP contribution in [0.2, 0.25) is 0 Å². The summed E-state index contributed by atoms with van der Waals surface area (Å²) in [5.41, 5.74) is 6.55. The zero-order valence-corrected chi connectivity index (χ0v) is 9.83. The van der Waals surface area contributed by atoms with Gasteiger partial charge < -0.3 is 10.8 Å². The van der Waals surface area contributed by atoms with Gasteiger partial charge >= 0.3 is 0 Å². The molecule has 1 aromatic rings. The average Bonchev–Trinajstić information content (AvgIpc) is 2.77. The summed E-state index contributed by atoms with van der Waals surface area (Å²) in [6.45, 7) is 4.18. The maximum Gasteiger partial charge on any atom is 0.0758 e. The predicted octanol–water partition coefficient (Wildman–Crippen LogP) is 1.20. The molecule has 0 bridgehead atoms. The molecule has 2 atom stereocenters. The van der Waals surface area contributed by atoms with E-state index in [0.717, 1.165) is 19.5 Å². The zero-order valence-electron chi connectivity index (χ0n) is 9.02. The number of likely N-dealkylation sites (tertiary alicyclic amines) is 1. The molecule has 2 rings (SSSR count). The van der Waals surface area contributed by atoms with Crippen molar-refractivity contribution in [1.82, 2.24) is 4.90 Å². The highest BCUT2D eigenvalue weighted by Crippen LogP contribution is 2.29. The minimum Gasteiger partial charge on any atom is -0.389 e. The molecule has 0 saturated carbocycles. The molecule has 15 heavy (non-hydrogen) atoms. The highest BCUT2D eigenvalue weighted by Gasteiger charge is 2.35. The molecule has 84 valence electrons. The van der Waals surface area contributed by atoms with Crippen molar-refractivity contribution in [2.24, 2.45) is 5.73 Å². The van der Waals surface area contributed by atoms with Crippen molar-refractivity contribution in [3.8, 4) is 0 Å². The van der Waals surface area contributed by atoms with Gasteiger partial charge in [-0.15, -0.1) is 0 Å². The molecule has 3 N–H and O–H groups in total. The van der Waals surface area contributed by atoms with E-state index in [1.807, 2.05) is 6.92 Å². The van der Waals surface area contributed by atoms with Gasteiger partial charge in [0, 0.05) is 25.7 Å². The highest BCUT2D eigenvalue weighted by atomic mass is 32.1. The number of thiophene rings is 1. The number of rotatable bonds is 3. The van der Waals surface area contributed by atoms with E-state index < -0.39 is 5.60 Å². The van der Waals surface area contributed by atoms with Crippen molar-refractivity contribution in [2.75, 3.05) is 19.6 Å². The summed E-state index contributed by atoms with van der Waals surface area (Å²) < 4.78 is 0. The molecule has 2 unspecified atom stereocenters. The quantitative estimate of drug-likeness (QED) is 0.814. The number of hydrogen-bond donors (Lipinski definition) is 2. The van der Waals surface area contributed by atoms with Gasteiger partial charge in [0.05, 0.1) is 5.60 Å². The van der Waals surface area contributed by atoms with Crippen LogP contribution in [0.25, 0.3) is 0 Å². The van der Waals surface area contributed by atoms with E-state index in [1.165, 1.54) is 5.56 Å². The highest BCUT2D eigenvalue weighted by molar-refractivity contribution is 7.07. The van der Waals surface area contributed by atoms with E-state index >= 15 is 0 Å². The number of nitrogens with two attached hydrogens (primary N) is 1. The second kappa shape index (κ2) is 4.22. The van der Waals surface area contributed by atoms with Gasteiger partial charge in [-0.2, -0.15) is 11.3 Å². The standard InChI is InChI=1S/C11H18N2OS/c1-11(14)3-4-13(8-11)10(6-12)9-2-5-15-7-9/h2,5,7,10,14H,3-4,6,8,12H2,1H3. The van der Waals surface area contributed by atoms with Crippen LogP contribution in [0.4, 0.5) is 0 Å². The van der Waals surface area contributed by atoms with Crippen LogP contribution in [0.15, 0.2) is 16.8 Å². The first-order valence-corrected chi connectivity index (χ1v) is 6.25. The van der Waals surface area contributed by atoms with Crippen LogP contribution in [-0.2, 0) is 0 Å². The lowest BCUT2D eigenvalue weighted by Crippen LogP contribution is -2.35. The molecule has 4 heteroatoms. The van der Waals surface area contributed by atoms with Gasteiger partial charge in [-0.1, -0.05) is 0 Å². The molecule has 1 aliphatic rings. The molecule has 2 heterocycles. The van der Waals surface area contributed by atoms with Crippen LogP contribution in [-0.4, -0.2) is 35.2 Å². The van der Waals surface area contributed by atoms with Gasteiger partial charge in [-0.05, 0) is 35.7 Å². The molecule has 1 fully saturated rings. The molecule has 0 radical (unpaired) electrons. The first-order valence-electron chi connectivity index (χ1n) is 5.31. The normalized spacial score (nSPS) is 29.5. The fourth-order valence-electron chi connectivity index (χ4n) is 2.21. The van der Waals surface area contributed by atoms with E-state index in [0.29, 0.717) is 6.54 Å². The van der Waals surface area contributed by atoms with Crippen molar-refractivity contribution in [3.05, 3.63) is 22.4 Å². The SMILES string of the molecule is CC1(O)CCN(C(CN)c2ccsc2)C1. The fraction of sp³-hybridized carbons (Fsp3) is 0.636. The minimum absolute atomic E-state index is 0.269. The van der Waals surface area contributed by atoms with Crippen LogP contribution >= 0.6 is 11.3 Å². The summed E-state index contributed by atoms with van der Waals surface area (Å²) in [6.07, 6.45) is 0.841. The summed E-state index contributed by atoms with van der Waals surface area (Å²) in [5.74, 6) is 0. The van der Waals surface area contributed by atoms with Crippen LogP contribution in [0, 0.1) is 0 Å². The van der Waals surface area contributed by atoms with Crippen LogP contribution in [0.3, 0.4) is 0 Å². The van der Waals surface area contributed by atoms with Crippen LogP contribution in [0.5, 0.6) is 0 Å². The first-order chi connectivity index (χ1) is 7.12. The largest absolute Gasteiger partial charge is 0.389 e. The van der Waals surface area contributed by atoms with Gasteiger partial charge in [0.25, 0.3) is 0 Å². The Morgan fingerprint density at radius 2 is 2.53 bits per heavy atom. The van der Waals surface area contributed by atoms with E-state index in [-0.39, 0.29) is 6.04 Å². The Bertz CT molecular complexity index is 310. The van der Waals surface area contributed by atoms with E-state index in [2.05, 4.69) is 21.7 Å². The molecule has 0 aromatic carbocycles. The third kappa shape index (κ3) is 2.39. The van der Waals surface area contributed by atoms with E-state index in [1.54, 1.807) is 11.3 Å². The monoisotopic (exact) mass is 226 g/mol. The minimum atomic E-state index is -0.538. The Labute approximate surface area is 94.5 Å². The lowest BCUT2D eigenvalue weighted by atomic mass is 10.1. The number of hydrogen-bond acceptors (Lipinski definition) is 4. The Hall–Kier alpha value is -0.420. The summed E-state index contributed by atoms with van der Waals surface area (Å²) in [4.78, 5) is 2.28. The van der Waals surface area contributed by atoms with Gasteiger partial charge in [0.1, 0.15) is 0 Å².